The summed E-state index contributed by atoms with van der Waals surface area (Å²) in [6.07, 6.45) is 0. The number of carbonyl (C=O) groups is 1. The second-order valence-electron chi connectivity index (χ2n) is 5.15. The van der Waals surface area contributed by atoms with Crippen molar-refractivity contribution in [1.29, 1.82) is 0 Å². The molecule has 0 aliphatic rings. The van der Waals surface area contributed by atoms with E-state index in [0.29, 0.717) is 17.1 Å². The van der Waals surface area contributed by atoms with Gasteiger partial charge in [0, 0.05) is 24.2 Å². The maximum Gasteiger partial charge on any atom is 0.251 e. The molecule has 128 valence electrons. The SMILES string of the molecule is COCCS(=O)(=O)c1ccc(C(=O)NCc2ccc(Cl)cc2)cc1. The molecule has 0 radical (unpaired) electrons. The summed E-state index contributed by atoms with van der Waals surface area (Å²) in [5.74, 6) is -0.364. The third kappa shape index (κ3) is 5.06. The first-order valence-electron chi connectivity index (χ1n) is 7.27. The highest BCUT2D eigenvalue weighted by Crippen LogP contribution is 2.13. The van der Waals surface area contributed by atoms with E-state index in [9.17, 15) is 13.2 Å². The molecule has 2 aromatic carbocycles. The third-order valence-corrected chi connectivity index (χ3v) is 5.34. The predicted octanol–water partition coefficient (Wildman–Crippen LogP) is 2.69. The van der Waals surface area contributed by atoms with Gasteiger partial charge in [-0.2, -0.15) is 0 Å². The highest BCUT2D eigenvalue weighted by atomic mass is 35.5. The number of amides is 1. The number of benzene rings is 2. The standard InChI is InChI=1S/C17H18ClNO4S/c1-23-10-11-24(21,22)16-8-4-14(5-9-16)17(20)19-12-13-2-6-15(18)7-3-13/h2-9H,10-12H2,1H3,(H,19,20). The largest absolute Gasteiger partial charge is 0.384 e. The third-order valence-electron chi connectivity index (χ3n) is 3.40. The van der Waals surface area contributed by atoms with Crippen molar-refractivity contribution in [2.45, 2.75) is 11.4 Å². The van der Waals surface area contributed by atoms with Gasteiger partial charge in [0.25, 0.3) is 5.91 Å². The van der Waals surface area contributed by atoms with Crippen LogP contribution in [0.25, 0.3) is 0 Å². The number of ether oxygens (including phenoxy) is 1. The van der Waals surface area contributed by atoms with E-state index in [1.165, 1.54) is 31.4 Å². The van der Waals surface area contributed by atoms with E-state index in [1.54, 1.807) is 12.1 Å². The molecule has 5 nitrogen and oxygen atoms in total. The van der Waals surface area contributed by atoms with Crippen LogP contribution in [0.1, 0.15) is 15.9 Å². The number of sulfone groups is 1. The van der Waals surface area contributed by atoms with Gasteiger partial charge >= 0.3 is 0 Å². The van der Waals surface area contributed by atoms with Crippen LogP contribution in [0.3, 0.4) is 0 Å². The van der Waals surface area contributed by atoms with Crippen molar-refractivity contribution >= 4 is 27.3 Å². The number of methoxy groups -OCH3 is 1. The molecule has 0 spiro atoms. The van der Waals surface area contributed by atoms with Gasteiger partial charge in [0.15, 0.2) is 9.84 Å². The van der Waals surface area contributed by atoms with E-state index in [4.69, 9.17) is 16.3 Å². The minimum atomic E-state index is -3.39. The first kappa shape index (κ1) is 18.4. The summed E-state index contributed by atoms with van der Waals surface area (Å²) >= 11 is 5.81. The van der Waals surface area contributed by atoms with Crippen LogP contribution in [0.4, 0.5) is 0 Å². The molecule has 7 heteroatoms. The van der Waals surface area contributed by atoms with Crippen LogP contribution < -0.4 is 5.32 Å². The van der Waals surface area contributed by atoms with Gasteiger partial charge in [-0.15, -0.1) is 0 Å². The zero-order valence-corrected chi connectivity index (χ0v) is 14.7. The van der Waals surface area contributed by atoms with Gasteiger partial charge in [0.2, 0.25) is 0 Å². The van der Waals surface area contributed by atoms with Crippen molar-refractivity contribution in [3.8, 4) is 0 Å². The summed E-state index contributed by atoms with van der Waals surface area (Å²) < 4.78 is 28.8. The van der Waals surface area contributed by atoms with Gasteiger partial charge in [-0.25, -0.2) is 8.42 Å². The van der Waals surface area contributed by atoms with Crippen LogP contribution in [0.2, 0.25) is 5.02 Å². The normalized spacial score (nSPS) is 11.2. The van der Waals surface area contributed by atoms with E-state index in [0.717, 1.165) is 5.56 Å². The first-order chi connectivity index (χ1) is 11.4. The van der Waals surface area contributed by atoms with Gasteiger partial charge < -0.3 is 10.1 Å². The van der Waals surface area contributed by atoms with Gasteiger partial charge in [0.05, 0.1) is 17.3 Å². The average molecular weight is 368 g/mol. The van der Waals surface area contributed by atoms with Gasteiger partial charge in [0.1, 0.15) is 0 Å². The van der Waals surface area contributed by atoms with E-state index in [-0.39, 0.29) is 23.2 Å². The molecule has 0 fully saturated rings. The van der Waals surface area contributed by atoms with E-state index in [2.05, 4.69) is 5.32 Å². The number of rotatable bonds is 7. The fourth-order valence-electron chi connectivity index (χ4n) is 2.01. The van der Waals surface area contributed by atoms with Crippen LogP contribution in [0.15, 0.2) is 53.4 Å². The lowest BCUT2D eigenvalue weighted by Crippen LogP contribution is -2.22. The fraction of sp³-hybridized carbons (Fsp3) is 0.235. The van der Waals surface area contributed by atoms with E-state index >= 15 is 0 Å². The molecular weight excluding hydrogens is 350 g/mol. The minimum Gasteiger partial charge on any atom is -0.384 e. The smallest absolute Gasteiger partial charge is 0.251 e. The topological polar surface area (TPSA) is 72.5 Å². The number of halogens is 1. The molecule has 24 heavy (non-hydrogen) atoms. The highest BCUT2D eigenvalue weighted by Gasteiger charge is 2.15. The van der Waals surface area contributed by atoms with Crippen LogP contribution in [0, 0.1) is 0 Å². The summed E-state index contributed by atoms with van der Waals surface area (Å²) in [6.45, 7) is 0.496. The number of nitrogens with one attached hydrogen (secondary N) is 1. The Labute approximate surface area is 146 Å². The molecule has 2 aromatic rings. The fourth-order valence-corrected chi connectivity index (χ4v) is 3.31. The minimum absolute atomic E-state index is 0.0917. The van der Waals surface area contributed by atoms with Crippen molar-refractivity contribution in [2.75, 3.05) is 19.5 Å². The molecule has 0 bridgehead atoms. The molecule has 0 heterocycles. The summed E-state index contributed by atoms with van der Waals surface area (Å²) in [6, 6.07) is 13.0. The lowest BCUT2D eigenvalue weighted by atomic mass is 10.2. The summed E-state index contributed by atoms with van der Waals surface area (Å²) in [7, 11) is -1.95. The second kappa shape index (κ2) is 8.28. The van der Waals surface area contributed by atoms with Gasteiger partial charge in [-0.1, -0.05) is 23.7 Å². The van der Waals surface area contributed by atoms with Crippen LogP contribution in [-0.2, 0) is 21.1 Å². The Kier molecular flexibility index (Phi) is 6.36. The molecule has 0 saturated heterocycles. The number of carbonyl (C=O) groups excluding carboxylic acids is 1. The van der Waals surface area contributed by atoms with Crippen LogP contribution in [0.5, 0.6) is 0 Å². The number of hydrogen-bond donors (Lipinski definition) is 1. The van der Waals surface area contributed by atoms with Crippen molar-refractivity contribution < 1.29 is 17.9 Å². The van der Waals surface area contributed by atoms with Crippen molar-refractivity contribution in [2.24, 2.45) is 0 Å². The summed E-state index contributed by atoms with van der Waals surface area (Å²) in [5, 5.41) is 3.41. The predicted molar refractivity (Wildman–Crippen MR) is 93.0 cm³/mol. The Morgan fingerprint density at radius 1 is 1.08 bits per heavy atom. The Balaban J connectivity index is 1.99. The maximum atomic E-state index is 12.1. The van der Waals surface area contributed by atoms with Gasteiger partial charge in [-0.05, 0) is 42.0 Å². The quantitative estimate of drug-likeness (QED) is 0.816. The molecule has 1 N–H and O–H groups in total. The Morgan fingerprint density at radius 2 is 1.71 bits per heavy atom. The molecule has 2 rings (SSSR count). The highest BCUT2D eigenvalue weighted by molar-refractivity contribution is 7.91. The van der Waals surface area contributed by atoms with Crippen LogP contribution >= 0.6 is 11.6 Å². The van der Waals surface area contributed by atoms with E-state index in [1.807, 2.05) is 12.1 Å². The molecule has 0 unspecified atom stereocenters. The van der Waals surface area contributed by atoms with Gasteiger partial charge in [-0.3, -0.25) is 4.79 Å². The molecule has 0 aliphatic carbocycles. The zero-order chi connectivity index (χ0) is 17.6. The van der Waals surface area contributed by atoms with E-state index < -0.39 is 9.84 Å². The Bertz CT molecular complexity index is 786. The Morgan fingerprint density at radius 3 is 2.29 bits per heavy atom. The molecule has 0 saturated carbocycles. The molecule has 0 aromatic heterocycles. The zero-order valence-electron chi connectivity index (χ0n) is 13.2. The summed E-state index contributed by atoms with van der Waals surface area (Å²) in [4.78, 5) is 12.3. The lowest BCUT2D eigenvalue weighted by Gasteiger charge is -2.07. The lowest BCUT2D eigenvalue weighted by molar-refractivity contribution is 0.0951. The molecular formula is C17H18ClNO4S. The second-order valence-corrected chi connectivity index (χ2v) is 7.69. The van der Waals surface area contributed by atoms with Crippen molar-refractivity contribution in [3.05, 3.63) is 64.7 Å². The first-order valence-corrected chi connectivity index (χ1v) is 9.30. The monoisotopic (exact) mass is 367 g/mol. The molecule has 0 aliphatic heterocycles. The van der Waals surface area contributed by atoms with Crippen LogP contribution in [-0.4, -0.2) is 33.8 Å². The number of hydrogen-bond acceptors (Lipinski definition) is 4. The van der Waals surface area contributed by atoms with Crippen molar-refractivity contribution in [1.82, 2.24) is 5.32 Å². The molecule has 1 amide bonds. The molecule has 0 atom stereocenters. The maximum absolute atomic E-state index is 12.1. The average Bonchev–Trinajstić information content (AvgIpc) is 2.59. The summed E-state index contributed by atoms with van der Waals surface area (Å²) in [5.41, 5.74) is 1.32. The van der Waals surface area contributed by atoms with Crippen molar-refractivity contribution in [3.63, 3.8) is 0 Å². The Hall–Kier alpha value is -1.89.